The maximum Gasteiger partial charge on any atom is 0.276 e. The van der Waals surface area contributed by atoms with Gasteiger partial charge in [0.2, 0.25) is 0 Å². The zero-order valence-electron chi connectivity index (χ0n) is 15.4. The Kier molecular flexibility index (Phi) is 5.01. The Balaban J connectivity index is 1.70. The van der Waals surface area contributed by atoms with Crippen LogP contribution in [0, 0.1) is 0 Å². The third kappa shape index (κ3) is 3.70. The van der Waals surface area contributed by atoms with Gasteiger partial charge in [-0.05, 0) is 30.3 Å². The average molecular weight is 406 g/mol. The molecule has 29 heavy (non-hydrogen) atoms. The lowest BCUT2D eigenvalue weighted by Gasteiger charge is -2.13. The van der Waals surface area contributed by atoms with Crippen LogP contribution in [0.15, 0.2) is 77.6 Å². The first-order valence-electron chi connectivity index (χ1n) is 8.83. The molecule has 0 bridgehead atoms. The maximum absolute atomic E-state index is 13.0. The molecule has 7 heteroatoms. The van der Waals surface area contributed by atoms with Gasteiger partial charge in [-0.1, -0.05) is 54.1 Å². The first-order valence-corrected chi connectivity index (χ1v) is 9.21. The van der Waals surface area contributed by atoms with Crippen LogP contribution >= 0.6 is 11.6 Å². The lowest BCUT2D eigenvalue weighted by molar-refractivity contribution is 0.102. The fourth-order valence-electron chi connectivity index (χ4n) is 2.95. The fraction of sp³-hybridized carbons (Fsp3) is 0.0455. The summed E-state index contributed by atoms with van der Waals surface area (Å²) in [6.07, 6.45) is 0. The van der Waals surface area contributed by atoms with Gasteiger partial charge in [0.05, 0.1) is 16.1 Å². The van der Waals surface area contributed by atoms with E-state index in [-0.39, 0.29) is 11.3 Å². The van der Waals surface area contributed by atoms with E-state index in [0.717, 1.165) is 4.68 Å². The monoisotopic (exact) mass is 405 g/mol. The Morgan fingerprint density at radius 1 is 0.931 bits per heavy atom. The van der Waals surface area contributed by atoms with Gasteiger partial charge in [-0.25, -0.2) is 4.68 Å². The van der Waals surface area contributed by atoms with Crippen LogP contribution in [0.1, 0.15) is 10.5 Å². The van der Waals surface area contributed by atoms with Gasteiger partial charge >= 0.3 is 0 Å². The van der Waals surface area contributed by atoms with Crippen molar-refractivity contribution in [1.29, 1.82) is 0 Å². The molecule has 0 spiro atoms. The highest BCUT2D eigenvalue weighted by molar-refractivity contribution is 6.32. The van der Waals surface area contributed by atoms with Gasteiger partial charge < -0.3 is 10.1 Å². The highest BCUT2D eigenvalue weighted by atomic mass is 35.5. The molecular formula is C22H16ClN3O3. The summed E-state index contributed by atoms with van der Waals surface area (Å²) in [5.74, 6) is 0.455. The van der Waals surface area contributed by atoms with E-state index in [0.29, 0.717) is 33.0 Å². The largest absolute Gasteiger partial charge is 0.454 e. The van der Waals surface area contributed by atoms with Gasteiger partial charge in [-0.3, -0.25) is 9.59 Å². The summed E-state index contributed by atoms with van der Waals surface area (Å²) in [6, 6.07) is 21.0. The number of carbonyl (C=O) groups excluding carboxylic acids is 1. The highest BCUT2D eigenvalue weighted by Gasteiger charge is 2.17. The molecule has 144 valence electrons. The summed E-state index contributed by atoms with van der Waals surface area (Å²) in [7, 11) is 1.51. The second-order valence-electron chi connectivity index (χ2n) is 6.31. The van der Waals surface area contributed by atoms with E-state index in [2.05, 4.69) is 10.4 Å². The van der Waals surface area contributed by atoms with Crippen molar-refractivity contribution in [2.24, 2.45) is 7.05 Å². The SMILES string of the molecule is Cn1nc(C(=O)Nc2ccccc2Oc2ccccc2Cl)c2ccccc2c1=O. The van der Waals surface area contributed by atoms with Gasteiger partial charge in [-0.15, -0.1) is 0 Å². The van der Waals surface area contributed by atoms with Crippen LogP contribution in [0.4, 0.5) is 5.69 Å². The minimum Gasteiger partial charge on any atom is -0.454 e. The molecule has 0 atom stereocenters. The van der Waals surface area contributed by atoms with Crippen molar-refractivity contribution >= 4 is 34.0 Å². The van der Waals surface area contributed by atoms with Crippen molar-refractivity contribution < 1.29 is 9.53 Å². The van der Waals surface area contributed by atoms with Crippen LogP contribution in [0.3, 0.4) is 0 Å². The number of aryl methyl sites for hydroxylation is 1. The second-order valence-corrected chi connectivity index (χ2v) is 6.71. The zero-order chi connectivity index (χ0) is 20.4. The number of fused-ring (bicyclic) bond motifs is 1. The molecule has 1 heterocycles. The highest BCUT2D eigenvalue weighted by Crippen LogP contribution is 2.33. The molecule has 3 aromatic carbocycles. The molecule has 0 unspecified atom stereocenters. The molecule has 1 amide bonds. The summed E-state index contributed by atoms with van der Waals surface area (Å²) in [5.41, 5.74) is 0.340. The summed E-state index contributed by atoms with van der Waals surface area (Å²) < 4.78 is 7.04. The fourth-order valence-corrected chi connectivity index (χ4v) is 3.13. The number of ether oxygens (including phenoxy) is 1. The normalized spacial score (nSPS) is 10.7. The molecule has 6 nitrogen and oxygen atoms in total. The van der Waals surface area contributed by atoms with Crippen molar-refractivity contribution in [2.45, 2.75) is 0 Å². The number of nitrogens with one attached hydrogen (secondary N) is 1. The quantitative estimate of drug-likeness (QED) is 0.537. The topological polar surface area (TPSA) is 73.2 Å². The van der Waals surface area contributed by atoms with Gasteiger partial charge in [0.15, 0.2) is 11.4 Å². The van der Waals surface area contributed by atoms with Crippen LogP contribution in [0.25, 0.3) is 10.8 Å². The molecule has 0 saturated heterocycles. The van der Waals surface area contributed by atoms with Gasteiger partial charge in [0, 0.05) is 12.4 Å². The van der Waals surface area contributed by atoms with Crippen LogP contribution < -0.4 is 15.6 Å². The van der Waals surface area contributed by atoms with Crippen molar-refractivity contribution in [1.82, 2.24) is 9.78 Å². The Labute approximate surface area is 171 Å². The number of anilines is 1. The van der Waals surface area contributed by atoms with E-state index in [1.165, 1.54) is 7.05 Å². The summed E-state index contributed by atoms with van der Waals surface area (Å²) in [5, 5.41) is 8.34. The Hall–Kier alpha value is -3.64. The van der Waals surface area contributed by atoms with Crippen LogP contribution in [-0.2, 0) is 7.05 Å². The van der Waals surface area contributed by atoms with Crippen LogP contribution in [-0.4, -0.2) is 15.7 Å². The van der Waals surface area contributed by atoms with Crippen molar-refractivity contribution in [3.05, 3.63) is 93.9 Å². The van der Waals surface area contributed by atoms with Gasteiger partial charge in [-0.2, -0.15) is 5.10 Å². The molecule has 0 saturated carbocycles. The molecule has 0 radical (unpaired) electrons. The minimum atomic E-state index is -0.452. The predicted octanol–water partition coefficient (Wildman–Crippen LogP) is 4.63. The molecule has 4 rings (SSSR count). The maximum atomic E-state index is 13.0. The van der Waals surface area contributed by atoms with E-state index in [1.54, 1.807) is 66.7 Å². The zero-order valence-corrected chi connectivity index (χ0v) is 16.2. The van der Waals surface area contributed by atoms with E-state index in [4.69, 9.17) is 16.3 Å². The van der Waals surface area contributed by atoms with Crippen LogP contribution in [0.2, 0.25) is 5.02 Å². The molecule has 0 aliphatic rings. The molecular weight excluding hydrogens is 390 g/mol. The Morgan fingerprint density at radius 3 is 2.31 bits per heavy atom. The van der Waals surface area contributed by atoms with Gasteiger partial charge in [0.25, 0.3) is 11.5 Å². The minimum absolute atomic E-state index is 0.148. The molecule has 1 aromatic heterocycles. The number of amides is 1. The Bertz CT molecular complexity index is 1280. The second kappa shape index (κ2) is 7.77. The third-order valence-electron chi connectivity index (χ3n) is 4.36. The smallest absolute Gasteiger partial charge is 0.276 e. The number of nitrogens with zero attached hydrogens (tertiary/aromatic N) is 2. The first-order chi connectivity index (χ1) is 14.0. The number of halogens is 1. The van der Waals surface area contributed by atoms with Crippen molar-refractivity contribution in [3.63, 3.8) is 0 Å². The number of hydrogen-bond acceptors (Lipinski definition) is 4. The summed E-state index contributed by atoms with van der Waals surface area (Å²) >= 11 is 6.17. The lowest BCUT2D eigenvalue weighted by atomic mass is 10.1. The molecule has 4 aromatic rings. The number of rotatable bonds is 4. The van der Waals surface area contributed by atoms with Crippen LogP contribution in [0.5, 0.6) is 11.5 Å². The predicted molar refractivity (Wildman–Crippen MR) is 113 cm³/mol. The number of aromatic nitrogens is 2. The lowest BCUT2D eigenvalue weighted by Crippen LogP contribution is -2.25. The number of hydrogen-bond donors (Lipinski definition) is 1. The van der Waals surface area contributed by atoms with Gasteiger partial charge in [0.1, 0.15) is 5.75 Å². The van der Waals surface area contributed by atoms with E-state index in [1.807, 2.05) is 6.07 Å². The van der Waals surface area contributed by atoms with E-state index in [9.17, 15) is 9.59 Å². The molecule has 0 aliphatic heterocycles. The van der Waals surface area contributed by atoms with Crippen molar-refractivity contribution in [3.8, 4) is 11.5 Å². The van der Waals surface area contributed by atoms with E-state index < -0.39 is 5.91 Å². The summed E-state index contributed by atoms with van der Waals surface area (Å²) in [4.78, 5) is 25.3. The summed E-state index contributed by atoms with van der Waals surface area (Å²) in [6.45, 7) is 0. The molecule has 1 N–H and O–H groups in total. The number of carbonyl (C=O) groups is 1. The molecule has 0 aliphatic carbocycles. The standard InChI is InChI=1S/C22H16ClN3O3/c1-26-22(28)15-9-3-2-8-14(15)20(25-26)21(27)24-17-11-5-7-13-19(17)29-18-12-6-4-10-16(18)23/h2-13H,1H3,(H,24,27). The molecule has 0 fully saturated rings. The van der Waals surface area contributed by atoms with E-state index >= 15 is 0 Å². The average Bonchev–Trinajstić information content (AvgIpc) is 2.73. The third-order valence-corrected chi connectivity index (χ3v) is 4.68. The number of para-hydroxylation sites is 3. The first kappa shape index (κ1) is 18.7. The Morgan fingerprint density at radius 2 is 1.55 bits per heavy atom. The van der Waals surface area contributed by atoms with Crippen molar-refractivity contribution in [2.75, 3.05) is 5.32 Å². The number of benzene rings is 3.